The van der Waals surface area contributed by atoms with E-state index >= 15 is 0 Å². The fraction of sp³-hybridized carbons (Fsp3) is 0.417. The number of fused-ring (bicyclic) bond motifs is 2. The quantitative estimate of drug-likeness (QED) is 0.347. The topological polar surface area (TPSA) is 74.8 Å². The average molecular weight is 422 g/mol. The molecule has 0 amide bonds. The van der Waals surface area contributed by atoms with Crippen molar-refractivity contribution in [1.29, 1.82) is 0 Å². The average Bonchev–Trinajstić information content (AvgIpc) is 3.22. The van der Waals surface area contributed by atoms with E-state index in [2.05, 4.69) is 45.3 Å². The van der Waals surface area contributed by atoms with Gasteiger partial charge in [0.1, 0.15) is 5.82 Å². The minimum absolute atomic E-state index is 0.759. The molecular weight excluding hydrogens is 390 g/mol. The monoisotopic (exact) mass is 421 g/mol. The zero-order valence-corrected chi connectivity index (χ0v) is 18.6. The van der Waals surface area contributed by atoms with Gasteiger partial charge in [0.2, 0.25) is 0 Å². The number of hydrogen-bond acceptors (Lipinski definition) is 4. The third kappa shape index (κ3) is 4.76. The lowest BCUT2D eigenvalue weighted by Gasteiger charge is -2.32. The molecule has 1 aromatic heterocycles. The number of aryl methyl sites for hydroxylation is 1. The number of imidazole rings is 1. The van der Waals surface area contributed by atoms with Gasteiger partial charge in [-0.2, -0.15) is 0 Å². The van der Waals surface area contributed by atoms with Crippen LogP contribution in [0.3, 0.4) is 0 Å². The molecule has 0 spiro atoms. The van der Waals surface area contributed by atoms with Crippen molar-refractivity contribution in [1.82, 2.24) is 20.2 Å². The SMILES string of the molecule is CCNC(=NCCCc1nc2ccccc2[nH]1)N1CCc2cc(OC)c(OC)cc2C1. The fourth-order valence-corrected chi connectivity index (χ4v) is 4.05. The molecule has 31 heavy (non-hydrogen) atoms. The lowest BCUT2D eigenvalue weighted by atomic mass is 9.99. The second kappa shape index (κ2) is 9.73. The molecule has 3 aromatic rings. The van der Waals surface area contributed by atoms with Gasteiger partial charge in [-0.1, -0.05) is 12.1 Å². The van der Waals surface area contributed by atoms with Crippen LogP contribution in [0, 0.1) is 0 Å². The second-order valence-electron chi connectivity index (χ2n) is 7.69. The number of methoxy groups -OCH3 is 2. The molecule has 0 unspecified atom stereocenters. The molecule has 164 valence electrons. The molecule has 0 fully saturated rings. The maximum atomic E-state index is 5.49. The number of nitrogens with one attached hydrogen (secondary N) is 2. The highest BCUT2D eigenvalue weighted by Crippen LogP contribution is 2.33. The van der Waals surface area contributed by atoms with Crippen LogP contribution in [0.1, 0.15) is 30.3 Å². The fourth-order valence-electron chi connectivity index (χ4n) is 4.05. The molecule has 1 aliphatic rings. The van der Waals surface area contributed by atoms with E-state index in [0.29, 0.717) is 0 Å². The molecule has 4 rings (SSSR count). The summed E-state index contributed by atoms with van der Waals surface area (Å²) in [5.74, 6) is 3.55. The summed E-state index contributed by atoms with van der Waals surface area (Å²) in [5.41, 5.74) is 4.69. The number of ether oxygens (including phenoxy) is 2. The maximum Gasteiger partial charge on any atom is 0.194 e. The zero-order chi connectivity index (χ0) is 21.6. The molecule has 2 aromatic carbocycles. The molecule has 0 bridgehead atoms. The van der Waals surface area contributed by atoms with Crippen LogP contribution in [0.15, 0.2) is 41.4 Å². The Labute approximate surface area is 183 Å². The molecule has 7 heteroatoms. The van der Waals surface area contributed by atoms with Gasteiger partial charge >= 0.3 is 0 Å². The summed E-state index contributed by atoms with van der Waals surface area (Å²) in [5, 5.41) is 3.45. The molecule has 0 aliphatic carbocycles. The summed E-state index contributed by atoms with van der Waals surface area (Å²) in [4.78, 5) is 15.3. The summed E-state index contributed by atoms with van der Waals surface area (Å²) in [6.45, 7) is 5.45. The maximum absolute atomic E-state index is 5.49. The van der Waals surface area contributed by atoms with Crippen LogP contribution in [-0.4, -0.2) is 54.7 Å². The van der Waals surface area contributed by atoms with Crippen LogP contribution in [0.25, 0.3) is 11.0 Å². The molecule has 2 heterocycles. The summed E-state index contributed by atoms with van der Waals surface area (Å²) in [6, 6.07) is 12.3. The van der Waals surface area contributed by atoms with Crippen LogP contribution >= 0.6 is 0 Å². The van der Waals surface area contributed by atoms with E-state index in [4.69, 9.17) is 14.5 Å². The summed E-state index contributed by atoms with van der Waals surface area (Å²) >= 11 is 0. The van der Waals surface area contributed by atoms with E-state index in [9.17, 15) is 0 Å². The molecule has 1 aliphatic heterocycles. The molecule has 0 saturated heterocycles. The number of para-hydroxylation sites is 2. The van der Waals surface area contributed by atoms with Gasteiger partial charge in [-0.3, -0.25) is 4.99 Å². The first kappa shape index (κ1) is 21.0. The lowest BCUT2D eigenvalue weighted by molar-refractivity contribution is 0.346. The highest BCUT2D eigenvalue weighted by Gasteiger charge is 2.21. The number of hydrogen-bond donors (Lipinski definition) is 2. The Morgan fingerprint density at radius 1 is 1.16 bits per heavy atom. The van der Waals surface area contributed by atoms with E-state index in [-0.39, 0.29) is 0 Å². The van der Waals surface area contributed by atoms with Crippen molar-refractivity contribution in [2.24, 2.45) is 4.99 Å². The van der Waals surface area contributed by atoms with Crippen LogP contribution in [0.2, 0.25) is 0 Å². The van der Waals surface area contributed by atoms with Crippen molar-refractivity contribution in [3.8, 4) is 11.5 Å². The minimum Gasteiger partial charge on any atom is -0.493 e. The summed E-state index contributed by atoms with van der Waals surface area (Å²) in [7, 11) is 3.36. The van der Waals surface area contributed by atoms with Crippen LogP contribution < -0.4 is 14.8 Å². The Morgan fingerprint density at radius 3 is 2.68 bits per heavy atom. The van der Waals surface area contributed by atoms with Gasteiger partial charge < -0.3 is 24.7 Å². The first-order valence-electron chi connectivity index (χ1n) is 10.9. The standard InChI is InChI=1S/C24H31N5O2/c1-4-25-24(26-12-7-10-23-27-19-8-5-6-9-20(19)28-23)29-13-11-17-14-21(30-2)22(31-3)15-18(17)16-29/h5-6,8-9,14-15H,4,7,10-13,16H2,1-3H3,(H,25,26)(H,27,28). The van der Waals surface area contributed by atoms with Gasteiger partial charge in [-0.05, 0) is 55.2 Å². The van der Waals surface area contributed by atoms with Crippen molar-refractivity contribution in [3.05, 3.63) is 53.3 Å². The van der Waals surface area contributed by atoms with E-state index in [1.165, 1.54) is 11.1 Å². The number of H-pyrrole nitrogens is 1. The predicted molar refractivity (Wildman–Crippen MR) is 124 cm³/mol. The predicted octanol–water partition coefficient (Wildman–Crippen LogP) is 3.54. The van der Waals surface area contributed by atoms with Gasteiger partial charge in [0.25, 0.3) is 0 Å². The number of rotatable bonds is 7. The molecule has 0 saturated carbocycles. The van der Waals surface area contributed by atoms with Crippen molar-refractivity contribution < 1.29 is 9.47 Å². The zero-order valence-electron chi connectivity index (χ0n) is 18.6. The smallest absolute Gasteiger partial charge is 0.194 e. The largest absolute Gasteiger partial charge is 0.493 e. The van der Waals surface area contributed by atoms with Crippen molar-refractivity contribution in [2.45, 2.75) is 32.7 Å². The van der Waals surface area contributed by atoms with Gasteiger partial charge in [0.15, 0.2) is 17.5 Å². The van der Waals surface area contributed by atoms with Crippen molar-refractivity contribution in [2.75, 3.05) is 33.9 Å². The number of aliphatic imine (C=N–C) groups is 1. The van der Waals surface area contributed by atoms with Gasteiger partial charge in [-0.25, -0.2) is 4.98 Å². The number of benzene rings is 2. The number of aromatic nitrogens is 2. The minimum atomic E-state index is 0.759. The van der Waals surface area contributed by atoms with Gasteiger partial charge in [-0.15, -0.1) is 0 Å². The molecule has 0 radical (unpaired) electrons. The third-order valence-electron chi connectivity index (χ3n) is 5.62. The van der Waals surface area contributed by atoms with Gasteiger partial charge in [0, 0.05) is 32.6 Å². The van der Waals surface area contributed by atoms with Crippen molar-refractivity contribution in [3.63, 3.8) is 0 Å². The molecular formula is C24H31N5O2. The Bertz CT molecular complexity index is 1030. The Kier molecular flexibility index (Phi) is 6.60. The Hall–Kier alpha value is -3.22. The highest BCUT2D eigenvalue weighted by atomic mass is 16.5. The first-order chi connectivity index (χ1) is 15.2. The normalized spacial score (nSPS) is 13.9. The second-order valence-corrected chi connectivity index (χ2v) is 7.69. The van der Waals surface area contributed by atoms with E-state index < -0.39 is 0 Å². The van der Waals surface area contributed by atoms with Crippen LogP contribution in [0.4, 0.5) is 0 Å². The number of nitrogens with zero attached hydrogens (tertiary/aromatic N) is 3. The molecule has 2 N–H and O–H groups in total. The molecule has 0 atom stereocenters. The van der Waals surface area contributed by atoms with Gasteiger partial charge in [0.05, 0.1) is 25.3 Å². The van der Waals surface area contributed by atoms with Crippen molar-refractivity contribution >= 4 is 17.0 Å². The number of guanidine groups is 1. The Morgan fingerprint density at radius 2 is 1.94 bits per heavy atom. The molecule has 7 nitrogen and oxygen atoms in total. The van der Waals surface area contributed by atoms with Crippen LogP contribution in [-0.2, 0) is 19.4 Å². The lowest BCUT2D eigenvalue weighted by Crippen LogP contribution is -2.44. The summed E-state index contributed by atoms with van der Waals surface area (Å²) < 4.78 is 10.9. The number of aromatic amines is 1. The van der Waals surface area contributed by atoms with E-state index in [1.807, 2.05) is 18.2 Å². The highest BCUT2D eigenvalue weighted by molar-refractivity contribution is 5.80. The first-order valence-corrected chi connectivity index (χ1v) is 10.9. The summed E-state index contributed by atoms with van der Waals surface area (Å²) in [6.07, 6.45) is 2.79. The Balaban J connectivity index is 1.40. The third-order valence-corrected chi connectivity index (χ3v) is 5.62. The van der Waals surface area contributed by atoms with E-state index in [1.54, 1.807) is 14.2 Å². The van der Waals surface area contributed by atoms with E-state index in [0.717, 1.165) is 79.8 Å². The van der Waals surface area contributed by atoms with Crippen LogP contribution in [0.5, 0.6) is 11.5 Å².